The number of carbonyl (C=O) groups is 1. The van der Waals surface area contributed by atoms with Crippen LogP contribution in [0.4, 0.5) is 11.4 Å². The minimum absolute atomic E-state index is 0.122. The van der Waals surface area contributed by atoms with Crippen LogP contribution in [-0.4, -0.2) is 13.0 Å². The Morgan fingerprint density at radius 1 is 1.00 bits per heavy atom. The fourth-order valence-electron chi connectivity index (χ4n) is 2.01. The van der Waals surface area contributed by atoms with Gasteiger partial charge in [-0.15, -0.1) is 0 Å². The Balaban J connectivity index is 1.92. The molecule has 0 spiro atoms. The molecule has 4 nitrogen and oxygen atoms in total. The van der Waals surface area contributed by atoms with E-state index in [-0.39, 0.29) is 5.91 Å². The average Bonchev–Trinajstić information content (AvgIpc) is 2.56. The third-order valence-corrected chi connectivity index (χ3v) is 3.27. The van der Waals surface area contributed by atoms with Crippen LogP contribution in [0.25, 0.3) is 0 Å². The molecule has 0 aromatic heterocycles. The SMILES string of the molecule is CNc1ccccc1NC(=O)/C(C)=C\NCc1ccccc1. The van der Waals surface area contributed by atoms with E-state index >= 15 is 0 Å². The first-order chi connectivity index (χ1) is 10.7. The lowest BCUT2D eigenvalue weighted by molar-refractivity contribution is -0.112. The number of hydrogen-bond acceptors (Lipinski definition) is 3. The molecule has 0 saturated carbocycles. The van der Waals surface area contributed by atoms with Crippen molar-refractivity contribution in [1.82, 2.24) is 5.32 Å². The lowest BCUT2D eigenvalue weighted by Gasteiger charge is -2.11. The van der Waals surface area contributed by atoms with E-state index in [4.69, 9.17) is 0 Å². The predicted octanol–water partition coefficient (Wildman–Crippen LogP) is 3.36. The van der Waals surface area contributed by atoms with E-state index in [9.17, 15) is 4.79 Å². The molecule has 0 fully saturated rings. The molecular weight excluding hydrogens is 274 g/mol. The molecule has 114 valence electrons. The van der Waals surface area contributed by atoms with Crippen molar-refractivity contribution < 1.29 is 4.79 Å². The second-order valence-electron chi connectivity index (χ2n) is 4.94. The Morgan fingerprint density at radius 3 is 2.32 bits per heavy atom. The molecule has 0 aliphatic heterocycles. The van der Waals surface area contributed by atoms with E-state index in [0.717, 1.165) is 11.4 Å². The fourth-order valence-corrected chi connectivity index (χ4v) is 2.01. The molecule has 0 aliphatic rings. The molecule has 2 aromatic carbocycles. The molecule has 22 heavy (non-hydrogen) atoms. The quantitative estimate of drug-likeness (QED) is 0.716. The van der Waals surface area contributed by atoms with Gasteiger partial charge in [0.05, 0.1) is 11.4 Å². The number of para-hydroxylation sites is 2. The van der Waals surface area contributed by atoms with Gasteiger partial charge >= 0.3 is 0 Å². The Labute approximate surface area is 131 Å². The number of rotatable bonds is 6. The van der Waals surface area contributed by atoms with Gasteiger partial charge in [0.25, 0.3) is 5.91 Å². The summed E-state index contributed by atoms with van der Waals surface area (Å²) in [6.07, 6.45) is 1.74. The summed E-state index contributed by atoms with van der Waals surface area (Å²) in [5, 5.41) is 9.11. The zero-order valence-electron chi connectivity index (χ0n) is 12.9. The van der Waals surface area contributed by atoms with Crippen LogP contribution in [0.1, 0.15) is 12.5 Å². The monoisotopic (exact) mass is 295 g/mol. The fraction of sp³-hybridized carbons (Fsp3) is 0.167. The summed E-state index contributed by atoms with van der Waals surface area (Å²) in [5.41, 5.74) is 3.46. The second-order valence-corrected chi connectivity index (χ2v) is 4.94. The summed E-state index contributed by atoms with van der Waals surface area (Å²) in [7, 11) is 1.83. The Kier molecular flexibility index (Phi) is 5.60. The van der Waals surface area contributed by atoms with Crippen molar-refractivity contribution in [2.24, 2.45) is 0 Å². The van der Waals surface area contributed by atoms with E-state index in [2.05, 4.69) is 16.0 Å². The molecule has 2 aromatic rings. The van der Waals surface area contributed by atoms with Gasteiger partial charge in [0.15, 0.2) is 0 Å². The zero-order chi connectivity index (χ0) is 15.8. The van der Waals surface area contributed by atoms with E-state index in [1.54, 1.807) is 13.1 Å². The lowest BCUT2D eigenvalue weighted by atomic mass is 10.2. The molecule has 0 heterocycles. The summed E-state index contributed by atoms with van der Waals surface area (Å²) < 4.78 is 0. The lowest BCUT2D eigenvalue weighted by Crippen LogP contribution is -2.16. The van der Waals surface area contributed by atoms with E-state index in [1.807, 2.05) is 61.6 Å². The number of amides is 1. The van der Waals surface area contributed by atoms with Crippen LogP contribution in [-0.2, 0) is 11.3 Å². The van der Waals surface area contributed by atoms with Gasteiger partial charge in [-0.3, -0.25) is 4.79 Å². The van der Waals surface area contributed by atoms with Crippen molar-refractivity contribution >= 4 is 17.3 Å². The summed E-state index contributed by atoms with van der Waals surface area (Å²) in [5.74, 6) is -0.122. The largest absolute Gasteiger partial charge is 0.386 e. The molecule has 0 saturated heterocycles. The van der Waals surface area contributed by atoms with Gasteiger partial charge in [0, 0.05) is 25.4 Å². The standard InChI is InChI=1S/C18H21N3O/c1-14(12-20-13-15-8-4-3-5-9-15)18(22)21-17-11-7-6-10-16(17)19-2/h3-12,19-20H,13H2,1-2H3,(H,21,22)/b14-12-. The minimum atomic E-state index is -0.122. The van der Waals surface area contributed by atoms with Crippen LogP contribution in [0, 0.1) is 0 Å². The number of hydrogen-bond donors (Lipinski definition) is 3. The number of nitrogens with one attached hydrogen (secondary N) is 3. The molecule has 0 unspecified atom stereocenters. The Bertz CT molecular complexity index is 650. The first-order valence-corrected chi connectivity index (χ1v) is 7.23. The second kappa shape index (κ2) is 7.88. The van der Waals surface area contributed by atoms with Crippen LogP contribution < -0.4 is 16.0 Å². The molecule has 0 aliphatic carbocycles. The molecule has 0 atom stereocenters. The zero-order valence-corrected chi connectivity index (χ0v) is 12.9. The smallest absolute Gasteiger partial charge is 0.252 e. The summed E-state index contributed by atoms with van der Waals surface area (Å²) in [6, 6.07) is 17.7. The van der Waals surface area contributed by atoms with Gasteiger partial charge in [-0.2, -0.15) is 0 Å². The van der Waals surface area contributed by atoms with Gasteiger partial charge in [-0.05, 0) is 24.6 Å². The highest BCUT2D eigenvalue weighted by atomic mass is 16.1. The van der Waals surface area contributed by atoms with E-state index in [1.165, 1.54) is 5.56 Å². The van der Waals surface area contributed by atoms with Gasteiger partial charge < -0.3 is 16.0 Å². The van der Waals surface area contributed by atoms with Gasteiger partial charge in [0.2, 0.25) is 0 Å². The summed E-state index contributed by atoms with van der Waals surface area (Å²) in [6.45, 7) is 2.48. The van der Waals surface area contributed by atoms with E-state index < -0.39 is 0 Å². The van der Waals surface area contributed by atoms with Crippen molar-refractivity contribution in [2.75, 3.05) is 17.7 Å². The Morgan fingerprint density at radius 2 is 1.64 bits per heavy atom. The molecule has 3 N–H and O–H groups in total. The highest BCUT2D eigenvalue weighted by Crippen LogP contribution is 2.20. The molecule has 4 heteroatoms. The van der Waals surface area contributed by atoms with Crippen LogP contribution in [0.3, 0.4) is 0 Å². The molecule has 1 amide bonds. The van der Waals surface area contributed by atoms with Gasteiger partial charge in [0.1, 0.15) is 0 Å². The maximum absolute atomic E-state index is 12.2. The predicted molar refractivity (Wildman–Crippen MR) is 91.7 cm³/mol. The third kappa shape index (κ3) is 4.38. The third-order valence-electron chi connectivity index (χ3n) is 3.27. The average molecular weight is 295 g/mol. The molecular formula is C18H21N3O. The van der Waals surface area contributed by atoms with Gasteiger partial charge in [-0.25, -0.2) is 0 Å². The highest BCUT2D eigenvalue weighted by molar-refractivity contribution is 6.04. The number of carbonyl (C=O) groups excluding carboxylic acids is 1. The van der Waals surface area contributed by atoms with Crippen molar-refractivity contribution in [1.29, 1.82) is 0 Å². The van der Waals surface area contributed by atoms with Crippen molar-refractivity contribution in [3.8, 4) is 0 Å². The normalized spacial score (nSPS) is 10.9. The topological polar surface area (TPSA) is 53.2 Å². The first kappa shape index (κ1) is 15.6. The van der Waals surface area contributed by atoms with Crippen LogP contribution in [0.15, 0.2) is 66.4 Å². The maximum atomic E-state index is 12.2. The van der Waals surface area contributed by atoms with Crippen molar-refractivity contribution in [3.05, 3.63) is 71.9 Å². The summed E-state index contributed by atoms with van der Waals surface area (Å²) in [4.78, 5) is 12.2. The van der Waals surface area contributed by atoms with Gasteiger partial charge in [-0.1, -0.05) is 42.5 Å². The van der Waals surface area contributed by atoms with Crippen molar-refractivity contribution in [2.45, 2.75) is 13.5 Å². The first-order valence-electron chi connectivity index (χ1n) is 7.23. The molecule has 0 radical (unpaired) electrons. The molecule has 0 bridgehead atoms. The van der Waals surface area contributed by atoms with Crippen molar-refractivity contribution in [3.63, 3.8) is 0 Å². The summed E-state index contributed by atoms with van der Waals surface area (Å²) >= 11 is 0. The number of benzene rings is 2. The Hall–Kier alpha value is -2.75. The maximum Gasteiger partial charge on any atom is 0.252 e. The molecule has 2 rings (SSSR count). The van der Waals surface area contributed by atoms with Crippen LogP contribution in [0.5, 0.6) is 0 Å². The highest BCUT2D eigenvalue weighted by Gasteiger charge is 2.07. The van der Waals surface area contributed by atoms with E-state index in [0.29, 0.717) is 12.1 Å². The van der Waals surface area contributed by atoms with Crippen LogP contribution in [0.2, 0.25) is 0 Å². The van der Waals surface area contributed by atoms with Crippen LogP contribution >= 0.6 is 0 Å². The minimum Gasteiger partial charge on any atom is -0.386 e. The number of anilines is 2.